The quantitative estimate of drug-likeness (QED) is 0.200. The molecular formula is C28H20ClN3O5. The molecule has 5 rings (SSSR count). The Kier molecular flexibility index (Phi) is 7.00. The summed E-state index contributed by atoms with van der Waals surface area (Å²) in [6.07, 6.45) is 2.89. The molecule has 0 unspecified atom stereocenters. The Balaban J connectivity index is 1.33. The van der Waals surface area contributed by atoms with Crippen LogP contribution in [-0.4, -0.2) is 24.8 Å². The number of carbonyl (C=O) groups excluding carboxylic acids is 2. The second-order valence-corrected chi connectivity index (χ2v) is 8.34. The predicted octanol–water partition coefficient (Wildman–Crippen LogP) is 5.25. The van der Waals surface area contributed by atoms with E-state index >= 15 is 0 Å². The first-order chi connectivity index (χ1) is 18.0. The van der Waals surface area contributed by atoms with Gasteiger partial charge in [-0.05, 0) is 60.2 Å². The number of carbonyl (C=O) groups is 2. The van der Waals surface area contributed by atoms with E-state index in [-0.39, 0.29) is 12.5 Å². The highest BCUT2D eigenvalue weighted by molar-refractivity contribution is 6.30. The lowest BCUT2D eigenvalue weighted by Crippen LogP contribution is -2.32. The van der Waals surface area contributed by atoms with E-state index in [4.69, 9.17) is 25.5 Å². The number of halogens is 1. The Morgan fingerprint density at radius 3 is 2.57 bits per heavy atom. The summed E-state index contributed by atoms with van der Waals surface area (Å²) in [5, 5.41) is 7.24. The van der Waals surface area contributed by atoms with E-state index in [0.29, 0.717) is 39.2 Å². The van der Waals surface area contributed by atoms with Gasteiger partial charge in [-0.25, -0.2) is 5.43 Å². The molecule has 0 saturated carbocycles. The molecule has 184 valence electrons. The van der Waals surface area contributed by atoms with E-state index in [1.807, 2.05) is 12.1 Å². The van der Waals surface area contributed by atoms with E-state index in [2.05, 4.69) is 15.8 Å². The first kappa shape index (κ1) is 23.9. The summed E-state index contributed by atoms with van der Waals surface area (Å²) < 4.78 is 16.5. The van der Waals surface area contributed by atoms with Crippen LogP contribution >= 0.6 is 11.6 Å². The molecule has 4 aromatic rings. The molecule has 0 bridgehead atoms. The third kappa shape index (κ3) is 5.88. The van der Waals surface area contributed by atoms with E-state index in [0.717, 1.165) is 5.56 Å². The lowest BCUT2D eigenvalue weighted by molar-refractivity contribution is -0.117. The van der Waals surface area contributed by atoms with Crippen molar-refractivity contribution in [2.75, 3.05) is 6.79 Å². The fourth-order valence-corrected chi connectivity index (χ4v) is 3.74. The van der Waals surface area contributed by atoms with Crippen LogP contribution in [0.3, 0.4) is 0 Å². The first-order valence-electron chi connectivity index (χ1n) is 11.2. The van der Waals surface area contributed by atoms with Gasteiger partial charge in [0.1, 0.15) is 17.2 Å². The third-order valence-corrected chi connectivity index (χ3v) is 5.57. The van der Waals surface area contributed by atoms with E-state index in [9.17, 15) is 9.59 Å². The highest BCUT2D eigenvalue weighted by Crippen LogP contribution is 2.33. The second-order valence-electron chi connectivity index (χ2n) is 7.90. The normalized spacial score (nSPS) is 12.5. The second kappa shape index (κ2) is 10.8. The summed E-state index contributed by atoms with van der Waals surface area (Å²) in [7, 11) is 0. The van der Waals surface area contributed by atoms with E-state index < -0.39 is 11.8 Å². The monoisotopic (exact) mass is 513 g/mol. The standard InChI is InChI=1S/C28H20ClN3O5/c29-21-8-4-7-20(15-21)24-12-10-22(37-24)16-30-32-28(34)23(31-27(33)19-5-2-1-3-6-19)13-18-9-11-25-26(14-18)36-17-35-25/h1-16H,17H2,(H,31,33)(H,32,34). The number of nitrogens with zero attached hydrogens (tertiary/aromatic N) is 1. The molecule has 3 aromatic carbocycles. The zero-order valence-electron chi connectivity index (χ0n) is 19.3. The maximum Gasteiger partial charge on any atom is 0.287 e. The van der Waals surface area contributed by atoms with E-state index in [1.54, 1.807) is 72.8 Å². The van der Waals surface area contributed by atoms with Crippen LogP contribution in [0.15, 0.2) is 100 Å². The average Bonchev–Trinajstić information content (AvgIpc) is 3.58. The molecule has 0 fully saturated rings. The van der Waals surface area contributed by atoms with Gasteiger partial charge >= 0.3 is 0 Å². The van der Waals surface area contributed by atoms with Crippen molar-refractivity contribution in [2.45, 2.75) is 0 Å². The van der Waals surface area contributed by atoms with Crippen LogP contribution in [0.2, 0.25) is 5.02 Å². The SMILES string of the molecule is O=C(NN=Cc1ccc(-c2cccc(Cl)c2)o1)C(=Cc1ccc2c(c1)OCO2)NC(=O)c1ccccc1. The summed E-state index contributed by atoms with van der Waals surface area (Å²) >= 11 is 6.05. The van der Waals surface area contributed by atoms with Gasteiger partial charge in [0.05, 0.1) is 6.21 Å². The van der Waals surface area contributed by atoms with Gasteiger partial charge in [0.2, 0.25) is 6.79 Å². The van der Waals surface area contributed by atoms with Crippen LogP contribution in [0.4, 0.5) is 0 Å². The fourth-order valence-electron chi connectivity index (χ4n) is 3.55. The molecule has 0 radical (unpaired) electrons. The van der Waals surface area contributed by atoms with Crippen molar-refractivity contribution >= 4 is 35.7 Å². The Labute approximate surface area is 217 Å². The smallest absolute Gasteiger partial charge is 0.287 e. The van der Waals surface area contributed by atoms with E-state index in [1.165, 1.54) is 12.3 Å². The number of hydrogen-bond donors (Lipinski definition) is 2. The van der Waals surface area contributed by atoms with Crippen molar-refractivity contribution in [3.05, 3.63) is 113 Å². The molecule has 1 aromatic heterocycles. The number of fused-ring (bicyclic) bond motifs is 1. The largest absolute Gasteiger partial charge is 0.455 e. The Bertz CT molecular complexity index is 1510. The molecule has 0 saturated heterocycles. The van der Waals surface area contributed by atoms with Crippen LogP contribution in [0, 0.1) is 0 Å². The number of hydrazone groups is 1. The van der Waals surface area contributed by atoms with Crippen molar-refractivity contribution in [1.29, 1.82) is 0 Å². The predicted molar refractivity (Wildman–Crippen MR) is 139 cm³/mol. The number of amides is 2. The molecule has 9 heteroatoms. The molecule has 0 spiro atoms. The number of hydrogen-bond acceptors (Lipinski definition) is 6. The molecule has 0 atom stereocenters. The molecule has 1 aliphatic heterocycles. The molecule has 1 aliphatic rings. The summed E-state index contributed by atoms with van der Waals surface area (Å²) in [5.41, 5.74) is 4.26. The van der Waals surface area contributed by atoms with Gasteiger partial charge in [-0.1, -0.05) is 48.0 Å². The summed E-state index contributed by atoms with van der Waals surface area (Å²) in [6, 6.07) is 24.5. The molecule has 2 heterocycles. The van der Waals surface area contributed by atoms with Gasteiger partial charge in [0.15, 0.2) is 11.5 Å². The van der Waals surface area contributed by atoms with Gasteiger partial charge in [0.25, 0.3) is 11.8 Å². The topological polar surface area (TPSA) is 102 Å². The zero-order chi connectivity index (χ0) is 25.6. The van der Waals surface area contributed by atoms with Crippen LogP contribution in [-0.2, 0) is 4.79 Å². The number of furan rings is 1. The van der Waals surface area contributed by atoms with Crippen LogP contribution in [0.1, 0.15) is 21.7 Å². The maximum atomic E-state index is 13.0. The number of rotatable bonds is 7. The van der Waals surface area contributed by atoms with Gasteiger partial charge in [-0.3, -0.25) is 9.59 Å². The zero-order valence-corrected chi connectivity index (χ0v) is 20.1. The fraction of sp³-hybridized carbons (Fsp3) is 0.0357. The van der Waals surface area contributed by atoms with Crippen molar-refractivity contribution in [1.82, 2.24) is 10.7 Å². The molecule has 2 N–H and O–H groups in total. The highest BCUT2D eigenvalue weighted by atomic mass is 35.5. The average molecular weight is 514 g/mol. The van der Waals surface area contributed by atoms with Crippen molar-refractivity contribution < 1.29 is 23.5 Å². The third-order valence-electron chi connectivity index (χ3n) is 5.33. The lowest BCUT2D eigenvalue weighted by atomic mass is 10.1. The Morgan fingerprint density at radius 2 is 1.73 bits per heavy atom. The summed E-state index contributed by atoms with van der Waals surface area (Å²) in [4.78, 5) is 25.7. The van der Waals surface area contributed by atoms with Crippen molar-refractivity contribution in [3.63, 3.8) is 0 Å². The number of benzene rings is 3. The van der Waals surface area contributed by atoms with Gasteiger partial charge in [-0.2, -0.15) is 5.10 Å². The minimum Gasteiger partial charge on any atom is -0.455 e. The highest BCUT2D eigenvalue weighted by Gasteiger charge is 2.17. The van der Waals surface area contributed by atoms with Gasteiger partial charge in [0, 0.05) is 16.1 Å². The molecule has 8 nitrogen and oxygen atoms in total. The number of ether oxygens (including phenoxy) is 2. The molecule has 2 amide bonds. The maximum absolute atomic E-state index is 13.0. The summed E-state index contributed by atoms with van der Waals surface area (Å²) in [6.45, 7) is 0.126. The van der Waals surface area contributed by atoms with Crippen LogP contribution < -0.4 is 20.2 Å². The minimum atomic E-state index is -0.625. The van der Waals surface area contributed by atoms with Crippen molar-refractivity contribution in [2.24, 2.45) is 5.10 Å². The van der Waals surface area contributed by atoms with Crippen molar-refractivity contribution in [3.8, 4) is 22.8 Å². The molecule has 0 aliphatic carbocycles. The van der Waals surface area contributed by atoms with Crippen LogP contribution in [0.5, 0.6) is 11.5 Å². The van der Waals surface area contributed by atoms with Crippen LogP contribution in [0.25, 0.3) is 17.4 Å². The number of nitrogens with one attached hydrogen (secondary N) is 2. The summed E-state index contributed by atoms with van der Waals surface area (Å²) in [5.74, 6) is 1.12. The van der Waals surface area contributed by atoms with Gasteiger partial charge in [-0.15, -0.1) is 0 Å². The molecule has 37 heavy (non-hydrogen) atoms. The Morgan fingerprint density at radius 1 is 0.892 bits per heavy atom. The minimum absolute atomic E-state index is 0.0103. The van der Waals surface area contributed by atoms with Gasteiger partial charge < -0.3 is 19.2 Å². The Hall–Kier alpha value is -4.82. The molecular weight excluding hydrogens is 494 g/mol. The lowest BCUT2D eigenvalue weighted by Gasteiger charge is -2.09. The first-order valence-corrected chi connectivity index (χ1v) is 11.6.